The second-order valence-corrected chi connectivity index (χ2v) is 8.75. The first-order chi connectivity index (χ1) is 16.7. The smallest absolute Gasteiger partial charge is 0.287 e. The van der Waals surface area contributed by atoms with E-state index < -0.39 is 23.4 Å². The van der Waals surface area contributed by atoms with Gasteiger partial charge in [-0.25, -0.2) is 0 Å². The number of rotatable bonds is 9. The fourth-order valence-electron chi connectivity index (χ4n) is 3.49. The molecule has 0 radical (unpaired) electrons. The summed E-state index contributed by atoms with van der Waals surface area (Å²) < 4.78 is 10.9. The van der Waals surface area contributed by atoms with E-state index in [-0.39, 0.29) is 18.2 Å². The summed E-state index contributed by atoms with van der Waals surface area (Å²) in [5.41, 5.74) is 0.403. The molecule has 3 amide bonds. The normalized spacial score (nSPS) is 11.9. The van der Waals surface area contributed by atoms with Crippen molar-refractivity contribution in [3.05, 3.63) is 78.5 Å². The molecule has 184 valence electrons. The summed E-state index contributed by atoms with van der Waals surface area (Å²) in [7, 11) is 0. The highest BCUT2D eigenvalue weighted by molar-refractivity contribution is 6.05. The molecule has 0 aliphatic carbocycles. The highest BCUT2D eigenvalue weighted by Gasteiger charge is 2.36. The lowest BCUT2D eigenvalue weighted by Gasteiger charge is -2.34. The fraction of sp³-hybridized carbons (Fsp3) is 0.308. The minimum absolute atomic E-state index is 0.0789. The van der Waals surface area contributed by atoms with Crippen LogP contribution in [0.3, 0.4) is 0 Å². The number of para-hydroxylation sites is 2. The van der Waals surface area contributed by atoms with Crippen molar-refractivity contribution < 1.29 is 23.5 Å². The molecule has 3 rings (SSSR count). The maximum absolute atomic E-state index is 13.7. The molecule has 2 heterocycles. The van der Waals surface area contributed by atoms with Gasteiger partial charge in [0.05, 0.1) is 25.1 Å². The molecule has 0 bridgehead atoms. The van der Waals surface area contributed by atoms with Gasteiger partial charge in [-0.3, -0.25) is 24.3 Å². The lowest BCUT2D eigenvalue weighted by molar-refractivity contribution is -0.127. The second kappa shape index (κ2) is 11.3. The van der Waals surface area contributed by atoms with Crippen molar-refractivity contribution >= 4 is 23.4 Å². The van der Waals surface area contributed by atoms with E-state index in [1.165, 1.54) is 17.2 Å². The summed E-state index contributed by atoms with van der Waals surface area (Å²) in [6.45, 7) is 7.40. The molecule has 0 spiro atoms. The van der Waals surface area contributed by atoms with Crippen LogP contribution in [0.15, 0.2) is 71.6 Å². The van der Waals surface area contributed by atoms with Crippen molar-refractivity contribution in [2.45, 2.75) is 39.3 Å². The van der Waals surface area contributed by atoms with Gasteiger partial charge < -0.3 is 19.8 Å². The Morgan fingerprint density at radius 3 is 2.40 bits per heavy atom. The SMILES string of the molecule is CCOc1ccccc1N(C(=O)CNC(=O)c1ccco1)[C@H](C(=O)NC(C)(C)C)c1ccncc1. The number of pyridine rings is 1. The van der Waals surface area contributed by atoms with Gasteiger partial charge in [-0.2, -0.15) is 0 Å². The number of furan rings is 1. The molecule has 0 aliphatic rings. The first-order valence-electron chi connectivity index (χ1n) is 11.3. The summed E-state index contributed by atoms with van der Waals surface area (Å²) in [6.07, 6.45) is 4.49. The van der Waals surface area contributed by atoms with Gasteiger partial charge in [0.25, 0.3) is 5.91 Å². The number of hydrogen-bond acceptors (Lipinski definition) is 6. The van der Waals surface area contributed by atoms with Crippen molar-refractivity contribution in [1.29, 1.82) is 0 Å². The highest BCUT2D eigenvalue weighted by Crippen LogP contribution is 2.35. The number of benzene rings is 1. The first kappa shape index (κ1) is 25.5. The van der Waals surface area contributed by atoms with Crippen LogP contribution in [0, 0.1) is 0 Å². The maximum Gasteiger partial charge on any atom is 0.287 e. The Hall–Kier alpha value is -4.14. The predicted octanol–water partition coefficient (Wildman–Crippen LogP) is 3.49. The molecule has 0 saturated carbocycles. The summed E-state index contributed by atoms with van der Waals surface area (Å²) in [5.74, 6) is -0.928. The number of nitrogens with one attached hydrogen (secondary N) is 2. The van der Waals surface area contributed by atoms with E-state index in [0.29, 0.717) is 23.6 Å². The summed E-state index contributed by atoms with van der Waals surface area (Å²) >= 11 is 0. The molecule has 0 saturated heterocycles. The van der Waals surface area contributed by atoms with E-state index in [1.807, 2.05) is 27.7 Å². The van der Waals surface area contributed by atoms with Gasteiger partial charge in [-0.05, 0) is 69.7 Å². The second-order valence-electron chi connectivity index (χ2n) is 8.75. The minimum Gasteiger partial charge on any atom is -0.492 e. The number of amides is 3. The molecular formula is C26H30N4O5. The molecule has 1 atom stereocenters. The quantitative estimate of drug-likeness (QED) is 0.487. The van der Waals surface area contributed by atoms with Crippen LogP contribution in [-0.2, 0) is 9.59 Å². The van der Waals surface area contributed by atoms with Gasteiger partial charge in [0.2, 0.25) is 11.8 Å². The monoisotopic (exact) mass is 478 g/mol. The lowest BCUT2D eigenvalue weighted by Crippen LogP contribution is -2.51. The van der Waals surface area contributed by atoms with Crippen molar-refractivity contribution in [1.82, 2.24) is 15.6 Å². The van der Waals surface area contributed by atoms with Gasteiger partial charge >= 0.3 is 0 Å². The van der Waals surface area contributed by atoms with E-state index >= 15 is 0 Å². The van der Waals surface area contributed by atoms with Crippen LogP contribution in [0.4, 0.5) is 5.69 Å². The molecule has 0 unspecified atom stereocenters. The molecule has 1 aromatic carbocycles. The lowest BCUT2D eigenvalue weighted by atomic mass is 10.0. The van der Waals surface area contributed by atoms with Gasteiger partial charge in [0.1, 0.15) is 11.8 Å². The standard InChI is InChI=1S/C26H30N4O5/c1-5-34-20-10-7-6-9-19(20)30(22(31)17-28-24(32)21-11-8-16-35-21)23(18-12-14-27-15-13-18)25(33)29-26(2,3)4/h6-16,23H,5,17H2,1-4H3,(H,28,32)(H,29,33)/t23-/m0/s1. The van der Waals surface area contributed by atoms with Crippen LogP contribution in [-0.4, -0.2) is 41.4 Å². The molecule has 3 aromatic rings. The zero-order chi connectivity index (χ0) is 25.4. The number of anilines is 1. The third kappa shape index (κ3) is 6.69. The number of aromatic nitrogens is 1. The van der Waals surface area contributed by atoms with Gasteiger partial charge in [-0.15, -0.1) is 0 Å². The molecule has 0 fully saturated rings. The van der Waals surface area contributed by atoms with Gasteiger partial charge in [-0.1, -0.05) is 12.1 Å². The molecule has 2 aromatic heterocycles. The third-order valence-corrected chi connectivity index (χ3v) is 4.87. The Bertz CT molecular complexity index is 1140. The number of carbonyl (C=O) groups excluding carboxylic acids is 3. The Kier molecular flexibility index (Phi) is 8.25. The summed E-state index contributed by atoms with van der Waals surface area (Å²) in [4.78, 5) is 45.1. The van der Waals surface area contributed by atoms with Crippen molar-refractivity contribution in [3.8, 4) is 5.75 Å². The molecular weight excluding hydrogens is 448 g/mol. The third-order valence-electron chi connectivity index (χ3n) is 4.87. The summed E-state index contributed by atoms with van der Waals surface area (Å²) in [6, 6.07) is 12.4. The number of ether oxygens (including phenoxy) is 1. The summed E-state index contributed by atoms with van der Waals surface area (Å²) in [5, 5.41) is 5.54. The van der Waals surface area contributed by atoms with Crippen LogP contribution in [0.5, 0.6) is 5.75 Å². The van der Waals surface area contributed by atoms with Crippen LogP contribution in [0.1, 0.15) is 49.9 Å². The largest absolute Gasteiger partial charge is 0.492 e. The fourth-order valence-corrected chi connectivity index (χ4v) is 3.49. The highest BCUT2D eigenvalue weighted by atomic mass is 16.5. The van der Waals surface area contributed by atoms with Crippen LogP contribution in [0.25, 0.3) is 0 Å². The van der Waals surface area contributed by atoms with Gasteiger partial charge in [0.15, 0.2) is 5.76 Å². The molecule has 2 N–H and O–H groups in total. The van der Waals surface area contributed by atoms with Crippen molar-refractivity contribution in [3.63, 3.8) is 0 Å². The average Bonchev–Trinajstić information content (AvgIpc) is 3.36. The predicted molar refractivity (Wildman–Crippen MR) is 131 cm³/mol. The zero-order valence-corrected chi connectivity index (χ0v) is 20.3. The topological polar surface area (TPSA) is 114 Å². The van der Waals surface area contributed by atoms with Crippen molar-refractivity contribution in [2.75, 3.05) is 18.1 Å². The van der Waals surface area contributed by atoms with E-state index in [2.05, 4.69) is 15.6 Å². The van der Waals surface area contributed by atoms with E-state index in [0.717, 1.165) is 0 Å². The van der Waals surface area contributed by atoms with Crippen molar-refractivity contribution in [2.24, 2.45) is 0 Å². The zero-order valence-electron chi connectivity index (χ0n) is 20.3. The van der Waals surface area contributed by atoms with Crippen LogP contribution >= 0.6 is 0 Å². The minimum atomic E-state index is -1.05. The molecule has 35 heavy (non-hydrogen) atoms. The Morgan fingerprint density at radius 1 is 1.06 bits per heavy atom. The molecule has 0 aliphatic heterocycles. The average molecular weight is 479 g/mol. The van der Waals surface area contributed by atoms with E-state index in [9.17, 15) is 14.4 Å². The first-order valence-corrected chi connectivity index (χ1v) is 11.3. The van der Waals surface area contributed by atoms with Crippen LogP contribution in [0.2, 0.25) is 0 Å². The Morgan fingerprint density at radius 2 is 1.77 bits per heavy atom. The Balaban J connectivity index is 2.06. The van der Waals surface area contributed by atoms with Gasteiger partial charge in [0, 0.05) is 17.9 Å². The van der Waals surface area contributed by atoms with E-state index in [1.54, 1.807) is 54.9 Å². The molecule has 9 nitrogen and oxygen atoms in total. The maximum atomic E-state index is 13.7. The Labute approximate surface area is 204 Å². The van der Waals surface area contributed by atoms with Crippen LogP contribution < -0.4 is 20.3 Å². The number of nitrogens with zero attached hydrogens (tertiary/aromatic N) is 2. The number of hydrogen-bond donors (Lipinski definition) is 2. The number of carbonyl (C=O) groups is 3. The molecule has 9 heteroatoms. The van der Waals surface area contributed by atoms with E-state index in [4.69, 9.17) is 9.15 Å².